The standard InChI is InChI=1S/C18H18N4O3/c1-13-9-15(14(2)21(13)12-18-7-4-8-25-18)11-19-20-16-5-3-6-17(10-16)22(23)24/h3-11,20H,12H2,1-2H3/b19-11-. The fourth-order valence-corrected chi connectivity index (χ4v) is 2.63. The lowest BCUT2D eigenvalue weighted by Crippen LogP contribution is -2.03. The molecule has 3 aromatic rings. The van der Waals surface area contributed by atoms with Gasteiger partial charge in [0.25, 0.3) is 5.69 Å². The van der Waals surface area contributed by atoms with E-state index in [0.29, 0.717) is 12.2 Å². The first-order valence-electron chi connectivity index (χ1n) is 7.77. The molecular weight excluding hydrogens is 320 g/mol. The molecule has 1 aromatic carbocycles. The number of non-ortho nitro benzene ring substituents is 1. The summed E-state index contributed by atoms with van der Waals surface area (Å²) in [4.78, 5) is 10.4. The number of hydrazone groups is 1. The SMILES string of the molecule is Cc1cc(/C=N\Nc2cccc([N+](=O)[O-])c2)c(C)n1Cc1ccco1. The second-order valence-corrected chi connectivity index (χ2v) is 5.67. The third kappa shape index (κ3) is 3.77. The van der Waals surface area contributed by atoms with E-state index in [0.717, 1.165) is 22.7 Å². The summed E-state index contributed by atoms with van der Waals surface area (Å²) in [6.45, 7) is 4.71. The number of rotatable bonds is 6. The number of nitro groups is 1. The van der Waals surface area contributed by atoms with Gasteiger partial charge in [0.15, 0.2) is 0 Å². The Kier molecular flexibility index (Phi) is 4.65. The average Bonchev–Trinajstić information content (AvgIpc) is 3.19. The predicted molar refractivity (Wildman–Crippen MR) is 96.0 cm³/mol. The lowest BCUT2D eigenvalue weighted by atomic mass is 10.2. The molecule has 0 unspecified atom stereocenters. The van der Waals surface area contributed by atoms with Crippen LogP contribution >= 0.6 is 0 Å². The van der Waals surface area contributed by atoms with Crippen molar-refractivity contribution >= 4 is 17.6 Å². The molecule has 0 atom stereocenters. The van der Waals surface area contributed by atoms with Gasteiger partial charge in [-0.2, -0.15) is 5.10 Å². The summed E-state index contributed by atoms with van der Waals surface area (Å²) >= 11 is 0. The highest BCUT2D eigenvalue weighted by atomic mass is 16.6. The van der Waals surface area contributed by atoms with E-state index in [1.165, 1.54) is 12.1 Å². The van der Waals surface area contributed by atoms with Crippen LogP contribution in [0.3, 0.4) is 0 Å². The molecular formula is C18H18N4O3. The van der Waals surface area contributed by atoms with E-state index in [2.05, 4.69) is 15.1 Å². The van der Waals surface area contributed by atoms with Crippen molar-refractivity contribution in [2.75, 3.05) is 5.43 Å². The van der Waals surface area contributed by atoms with E-state index < -0.39 is 4.92 Å². The molecule has 0 saturated heterocycles. The highest BCUT2D eigenvalue weighted by Crippen LogP contribution is 2.18. The molecule has 0 spiro atoms. The number of nitrogens with one attached hydrogen (secondary N) is 1. The van der Waals surface area contributed by atoms with Gasteiger partial charge in [0.05, 0.1) is 29.6 Å². The molecule has 0 radical (unpaired) electrons. The van der Waals surface area contributed by atoms with E-state index in [4.69, 9.17) is 4.42 Å². The van der Waals surface area contributed by atoms with Crippen LogP contribution in [-0.2, 0) is 6.54 Å². The maximum absolute atomic E-state index is 10.8. The second kappa shape index (κ2) is 7.04. The minimum absolute atomic E-state index is 0.0248. The number of furan rings is 1. The van der Waals surface area contributed by atoms with Crippen LogP contribution in [0, 0.1) is 24.0 Å². The summed E-state index contributed by atoms with van der Waals surface area (Å²) in [5.41, 5.74) is 6.56. The van der Waals surface area contributed by atoms with Gasteiger partial charge in [-0.25, -0.2) is 0 Å². The molecule has 25 heavy (non-hydrogen) atoms. The largest absolute Gasteiger partial charge is 0.467 e. The number of hydrogen-bond acceptors (Lipinski definition) is 5. The summed E-state index contributed by atoms with van der Waals surface area (Å²) in [7, 11) is 0. The van der Waals surface area contributed by atoms with Gasteiger partial charge in [0.1, 0.15) is 5.76 Å². The van der Waals surface area contributed by atoms with Crippen LogP contribution in [0.4, 0.5) is 11.4 Å². The maximum atomic E-state index is 10.8. The van der Waals surface area contributed by atoms with Crippen molar-refractivity contribution < 1.29 is 9.34 Å². The van der Waals surface area contributed by atoms with Crippen LogP contribution in [0.1, 0.15) is 22.7 Å². The predicted octanol–water partition coefficient (Wildman–Crippen LogP) is 4.10. The Labute approximate surface area is 144 Å². The van der Waals surface area contributed by atoms with Gasteiger partial charge in [-0.3, -0.25) is 15.5 Å². The van der Waals surface area contributed by atoms with E-state index in [-0.39, 0.29) is 5.69 Å². The zero-order valence-corrected chi connectivity index (χ0v) is 14.0. The van der Waals surface area contributed by atoms with Gasteiger partial charge >= 0.3 is 0 Å². The first-order valence-corrected chi connectivity index (χ1v) is 7.77. The van der Waals surface area contributed by atoms with Gasteiger partial charge in [-0.1, -0.05) is 6.07 Å². The van der Waals surface area contributed by atoms with Crippen LogP contribution in [0.5, 0.6) is 0 Å². The average molecular weight is 338 g/mol. The molecule has 0 aliphatic carbocycles. The summed E-state index contributed by atoms with van der Waals surface area (Å²) in [6, 6.07) is 12.1. The number of aryl methyl sites for hydroxylation is 1. The Bertz CT molecular complexity index is 911. The van der Waals surface area contributed by atoms with Gasteiger partial charge < -0.3 is 8.98 Å². The summed E-state index contributed by atoms with van der Waals surface area (Å²) < 4.78 is 7.55. The molecule has 0 amide bonds. The van der Waals surface area contributed by atoms with Crippen molar-refractivity contribution in [2.45, 2.75) is 20.4 Å². The summed E-state index contributed by atoms with van der Waals surface area (Å²) in [5.74, 6) is 0.889. The minimum Gasteiger partial charge on any atom is -0.467 e. The minimum atomic E-state index is -0.433. The smallest absolute Gasteiger partial charge is 0.271 e. The highest BCUT2D eigenvalue weighted by Gasteiger charge is 2.09. The molecule has 0 bridgehead atoms. The molecule has 7 nitrogen and oxygen atoms in total. The van der Waals surface area contributed by atoms with Crippen molar-refractivity contribution in [3.05, 3.63) is 81.6 Å². The molecule has 0 saturated carbocycles. The molecule has 128 valence electrons. The Morgan fingerprint density at radius 2 is 2.12 bits per heavy atom. The summed E-state index contributed by atoms with van der Waals surface area (Å²) in [5, 5.41) is 15.0. The number of benzene rings is 1. The summed E-state index contributed by atoms with van der Waals surface area (Å²) in [6.07, 6.45) is 3.37. The van der Waals surface area contributed by atoms with Crippen molar-refractivity contribution in [1.29, 1.82) is 0 Å². The van der Waals surface area contributed by atoms with E-state index >= 15 is 0 Å². The van der Waals surface area contributed by atoms with E-state index in [1.54, 1.807) is 24.6 Å². The topological polar surface area (TPSA) is 85.6 Å². The Morgan fingerprint density at radius 3 is 2.84 bits per heavy atom. The van der Waals surface area contributed by atoms with Crippen LogP contribution in [-0.4, -0.2) is 15.7 Å². The maximum Gasteiger partial charge on any atom is 0.271 e. The van der Waals surface area contributed by atoms with Gasteiger partial charge in [-0.05, 0) is 38.1 Å². The molecule has 3 rings (SSSR count). The van der Waals surface area contributed by atoms with Crippen molar-refractivity contribution in [1.82, 2.24) is 4.57 Å². The third-order valence-electron chi connectivity index (χ3n) is 3.96. The Balaban J connectivity index is 1.73. The molecule has 2 aromatic heterocycles. The number of anilines is 1. The van der Waals surface area contributed by atoms with Crippen LogP contribution in [0.15, 0.2) is 58.2 Å². The zero-order chi connectivity index (χ0) is 17.8. The van der Waals surface area contributed by atoms with Crippen LogP contribution < -0.4 is 5.43 Å². The van der Waals surface area contributed by atoms with Gasteiger partial charge in [0, 0.05) is 29.1 Å². The van der Waals surface area contributed by atoms with E-state index in [1.807, 2.05) is 32.0 Å². The van der Waals surface area contributed by atoms with Crippen molar-refractivity contribution in [3.8, 4) is 0 Å². The quantitative estimate of drug-likeness (QED) is 0.416. The fourth-order valence-electron chi connectivity index (χ4n) is 2.63. The van der Waals surface area contributed by atoms with Gasteiger partial charge in [-0.15, -0.1) is 0 Å². The van der Waals surface area contributed by atoms with Crippen LogP contribution in [0.2, 0.25) is 0 Å². The normalized spacial score (nSPS) is 11.1. The van der Waals surface area contributed by atoms with Crippen molar-refractivity contribution in [2.24, 2.45) is 5.10 Å². The number of nitrogens with zero attached hydrogens (tertiary/aromatic N) is 3. The van der Waals surface area contributed by atoms with Crippen LogP contribution in [0.25, 0.3) is 0 Å². The first-order chi connectivity index (χ1) is 12.0. The highest BCUT2D eigenvalue weighted by molar-refractivity contribution is 5.82. The molecule has 0 fully saturated rings. The van der Waals surface area contributed by atoms with Gasteiger partial charge in [0.2, 0.25) is 0 Å². The molecule has 0 aliphatic rings. The first kappa shape index (κ1) is 16.5. The monoisotopic (exact) mass is 338 g/mol. The second-order valence-electron chi connectivity index (χ2n) is 5.67. The number of aromatic nitrogens is 1. The lowest BCUT2D eigenvalue weighted by Gasteiger charge is -2.07. The number of nitro benzene ring substituents is 1. The molecule has 1 N–H and O–H groups in total. The molecule has 7 heteroatoms. The van der Waals surface area contributed by atoms with E-state index in [9.17, 15) is 10.1 Å². The van der Waals surface area contributed by atoms with Crippen molar-refractivity contribution in [3.63, 3.8) is 0 Å². The molecule has 2 heterocycles. The fraction of sp³-hybridized carbons (Fsp3) is 0.167. The Hall–Kier alpha value is -3.35. The zero-order valence-electron chi connectivity index (χ0n) is 14.0. The number of hydrogen-bond donors (Lipinski definition) is 1. The molecule has 0 aliphatic heterocycles. The Morgan fingerprint density at radius 1 is 1.28 bits per heavy atom. The third-order valence-corrected chi connectivity index (χ3v) is 3.96. The lowest BCUT2D eigenvalue weighted by molar-refractivity contribution is -0.384.